The summed E-state index contributed by atoms with van der Waals surface area (Å²) < 4.78 is 2.02. The van der Waals surface area contributed by atoms with Crippen LogP contribution in [-0.4, -0.2) is 22.5 Å². The first kappa shape index (κ1) is 13.1. The molecule has 1 N–H and O–H groups in total. The molecule has 0 aliphatic rings. The number of halogens is 1. The fourth-order valence-corrected chi connectivity index (χ4v) is 2.10. The van der Waals surface area contributed by atoms with Gasteiger partial charge in [0, 0.05) is 12.7 Å². The molecule has 0 saturated carbocycles. The smallest absolute Gasteiger partial charge is 0.155 e. The number of nitrogens with one attached hydrogen (secondary N) is 1. The van der Waals surface area contributed by atoms with Gasteiger partial charge in [-0.15, -0.1) is 0 Å². The van der Waals surface area contributed by atoms with Crippen LogP contribution in [0.3, 0.4) is 0 Å². The second kappa shape index (κ2) is 6.03. The van der Waals surface area contributed by atoms with Crippen LogP contribution in [0.5, 0.6) is 0 Å². The maximum absolute atomic E-state index is 6.21. The molecule has 0 unspecified atom stereocenters. The summed E-state index contributed by atoms with van der Waals surface area (Å²) in [5.74, 6) is 0. The third-order valence-electron chi connectivity index (χ3n) is 2.92. The highest BCUT2D eigenvalue weighted by atomic mass is 35.5. The number of aromatic nitrogens is 2. The molecule has 0 bridgehead atoms. The molecule has 0 saturated heterocycles. The molecule has 0 amide bonds. The Kier molecular flexibility index (Phi) is 4.39. The Bertz CT molecular complexity index is 557. The lowest BCUT2D eigenvalue weighted by atomic mass is 10.1. The van der Waals surface area contributed by atoms with Gasteiger partial charge in [0.15, 0.2) is 5.15 Å². The van der Waals surface area contributed by atoms with Gasteiger partial charge in [0.1, 0.15) is 5.65 Å². The van der Waals surface area contributed by atoms with E-state index in [9.17, 15) is 0 Å². The molecule has 0 fully saturated rings. The summed E-state index contributed by atoms with van der Waals surface area (Å²) in [6, 6.07) is 5.91. The predicted molar refractivity (Wildman–Crippen MR) is 77.0 cm³/mol. The lowest BCUT2D eigenvalue weighted by Gasteiger charge is -2.05. The summed E-state index contributed by atoms with van der Waals surface area (Å²) >= 11 is 6.21. The number of nitrogens with zero attached hydrogens (tertiary/aromatic N) is 2. The first-order valence-electron chi connectivity index (χ1n) is 6.29. The number of likely N-dealkylation sites (N-methyl/N-ethyl adjacent to an activating group) is 1. The van der Waals surface area contributed by atoms with E-state index in [0.717, 1.165) is 30.9 Å². The van der Waals surface area contributed by atoms with Crippen molar-refractivity contribution in [2.24, 2.45) is 0 Å². The molecule has 0 aromatic carbocycles. The maximum atomic E-state index is 6.21. The maximum Gasteiger partial charge on any atom is 0.155 e. The molecule has 2 rings (SSSR count). The van der Waals surface area contributed by atoms with Crippen molar-refractivity contribution in [3.63, 3.8) is 0 Å². The number of pyridine rings is 1. The Morgan fingerprint density at radius 2 is 2.28 bits per heavy atom. The SMILES string of the molecule is CCNCC(=Cc1c(Cl)nc2ccccn12)CC. The molecule has 2 aromatic rings. The molecule has 4 heteroatoms. The molecule has 2 aromatic heterocycles. The standard InChI is InChI=1S/C14H18ClN3/c1-3-11(10-16-4-2)9-12-14(15)17-13-7-5-6-8-18(12)13/h5-9,16H,3-4,10H2,1-2H3. The second-order valence-corrected chi connectivity index (χ2v) is 4.51. The fraction of sp³-hybridized carbons (Fsp3) is 0.357. The van der Waals surface area contributed by atoms with Crippen LogP contribution in [0, 0.1) is 0 Å². The monoisotopic (exact) mass is 263 g/mol. The summed E-state index contributed by atoms with van der Waals surface area (Å²) in [6.45, 7) is 6.12. The zero-order valence-electron chi connectivity index (χ0n) is 10.8. The summed E-state index contributed by atoms with van der Waals surface area (Å²) in [5.41, 5.74) is 3.17. The number of imidazole rings is 1. The molecule has 0 radical (unpaired) electrons. The topological polar surface area (TPSA) is 29.3 Å². The number of hydrogen-bond donors (Lipinski definition) is 1. The molecular formula is C14H18ClN3. The molecular weight excluding hydrogens is 246 g/mol. The Balaban J connectivity index is 2.40. The van der Waals surface area contributed by atoms with Gasteiger partial charge in [-0.1, -0.05) is 37.1 Å². The van der Waals surface area contributed by atoms with Crippen LogP contribution in [0.1, 0.15) is 26.0 Å². The van der Waals surface area contributed by atoms with E-state index in [2.05, 4.69) is 30.2 Å². The van der Waals surface area contributed by atoms with E-state index >= 15 is 0 Å². The predicted octanol–water partition coefficient (Wildman–Crippen LogP) is 3.39. The highest BCUT2D eigenvalue weighted by Gasteiger charge is 2.08. The van der Waals surface area contributed by atoms with Crippen molar-refractivity contribution in [1.29, 1.82) is 0 Å². The summed E-state index contributed by atoms with van der Waals surface area (Å²) in [6.07, 6.45) is 5.12. The Morgan fingerprint density at radius 3 is 3.00 bits per heavy atom. The Labute approximate surface area is 112 Å². The number of rotatable bonds is 5. The van der Waals surface area contributed by atoms with Gasteiger partial charge in [-0.05, 0) is 31.2 Å². The highest BCUT2D eigenvalue weighted by Crippen LogP contribution is 2.20. The van der Waals surface area contributed by atoms with Crippen molar-refractivity contribution >= 4 is 23.3 Å². The molecule has 96 valence electrons. The molecule has 0 aliphatic heterocycles. The zero-order chi connectivity index (χ0) is 13.0. The average molecular weight is 264 g/mol. The van der Waals surface area contributed by atoms with E-state index in [4.69, 9.17) is 11.6 Å². The number of hydrogen-bond acceptors (Lipinski definition) is 2. The summed E-state index contributed by atoms with van der Waals surface area (Å²) in [7, 11) is 0. The summed E-state index contributed by atoms with van der Waals surface area (Å²) in [5, 5.41) is 3.90. The van der Waals surface area contributed by atoms with E-state index in [-0.39, 0.29) is 0 Å². The normalized spacial score (nSPS) is 12.3. The van der Waals surface area contributed by atoms with Crippen LogP contribution >= 0.6 is 11.6 Å². The molecule has 0 spiro atoms. The van der Waals surface area contributed by atoms with Crippen molar-refractivity contribution in [3.8, 4) is 0 Å². The van der Waals surface area contributed by atoms with Crippen LogP contribution < -0.4 is 5.32 Å². The van der Waals surface area contributed by atoms with Crippen molar-refractivity contribution in [1.82, 2.24) is 14.7 Å². The van der Waals surface area contributed by atoms with Gasteiger partial charge in [-0.3, -0.25) is 4.40 Å². The minimum absolute atomic E-state index is 0.559. The van der Waals surface area contributed by atoms with E-state index in [1.54, 1.807) is 0 Å². The molecule has 0 atom stereocenters. The lowest BCUT2D eigenvalue weighted by Crippen LogP contribution is -2.15. The highest BCUT2D eigenvalue weighted by molar-refractivity contribution is 6.31. The fourth-order valence-electron chi connectivity index (χ4n) is 1.87. The van der Waals surface area contributed by atoms with Gasteiger partial charge < -0.3 is 5.32 Å². The largest absolute Gasteiger partial charge is 0.313 e. The van der Waals surface area contributed by atoms with E-state index in [1.807, 2.05) is 28.8 Å². The Hall–Kier alpha value is -1.32. The van der Waals surface area contributed by atoms with Crippen molar-refractivity contribution in [3.05, 3.63) is 40.8 Å². The van der Waals surface area contributed by atoms with Crippen molar-refractivity contribution in [2.45, 2.75) is 20.3 Å². The van der Waals surface area contributed by atoms with Crippen molar-refractivity contribution < 1.29 is 0 Å². The van der Waals surface area contributed by atoms with Gasteiger partial charge in [-0.2, -0.15) is 0 Å². The van der Waals surface area contributed by atoms with Gasteiger partial charge in [-0.25, -0.2) is 4.98 Å². The third kappa shape index (κ3) is 2.74. The van der Waals surface area contributed by atoms with Crippen LogP contribution in [0.2, 0.25) is 5.15 Å². The van der Waals surface area contributed by atoms with Crippen LogP contribution in [0.15, 0.2) is 30.0 Å². The van der Waals surface area contributed by atoms with Crippen molar-refractivity contribution in [2.75, 3.05) is 13.1 Å². The summed E-state index contributed by atoms with van der Waals surface area (Å²) in [4.78, 5) is 4.34. The minimum Gasteiger partial charge on any atom is -0.313 e. The molecule has 3 nitrogen and oxygen atoms in total. The number of fused-ring (bicyclic) bond motifs is 1. The zero-order valence-corrected chi connectivity index (χ0v) is 11.5. The van der Waals surface area contributed by atoms with Crippen LogP contribution in [0.25, 0.3) is 11.7 Å². The first-order valence-corrected chi connectivity index (χ1v) is 6.66. The lowest BCUT2D eigenvalue weighted by molar-refractivity contribution is 0.761. The van der Waals surface area contributed by atoms with E-state index < -0.39 is 0 Å². The molecule has 0 aliphatic carbocycles. The van der Waals surface area contributed by atoms with Gasteiger partial charge in [0.05, 0.1) is 5.69 Å². The van der Waals surface area contributed by atoms with Gasteiger partial charge in [0.25, 0.3) is 0 Å². The quantitative estimate of drug-likeness (QED) is 0.896. The minimum atomic E-state index is 0.559. The van der Waals surface area contributed by atoms with E-state index in [1.165, 1.54) is 5.57 Å². The van der Waals surface area contributed by atoms with Crippen LogP contribution in [-0.2, 0) is 0 Å². The first-order chi connectivity index (χ1) is 8.76. The second-order valence-electron chi connectivity index (χ2n) is 4.15. The third-order valence-corrected chi connectivity index (χ3v) is 3.20. The molecule has 18 heavy (non-hydrogen) atoms. The van der Waals surface area contributed by atoms with Crippen LogP contribution in [0.4, 0.5) is 0 Å². The molecule has 2 heterocycles. The average Bonchev–Trinajstić information content (AvgIpc) is 2.70. The van der Waals surface area contributed by atoms with Gasteiger partial charge >= 0.3 is 0 Å². The Morgan fingerprint density at radius 1 is 1.44 bits per heavy atom. The van der Waals surface area contributed by atoms with Gasteiger partial charge in [0.2, 0.25) is 0 Å². The van der Waals surface area contributed by atoms with E-state index in [0.29, 0.717) is 5.15 Å².